The standard InChI is InChI=1S/C18H15NOS/c20-16(9-8-13-5-2-1-3-6-13)15-11-14-7-4-10-19-18(14)17(21)12-15/h1-7,10-12,21H,8-9H2. The molecule has 3 aromatic rings. The van der Waals surface area contributed by atoms with Crippen molar-refractivity contribution in [1.29, 1.82) is 0 Å². The average molecular weight is 293 g/mol. The van der Waals surface area contributed by atoms with Gasteiger partial charge in [0.15, 0.2) is 5.78 Å². The fourth-order valence-electron chi connectivity index (χ4n) is 2.38. The molecule has 0 fully saturated rings. The molecule has 0 amide bonds. The second kappa shape index (κ2) is 6.10. The highest BCUT2D eigenvalue weighted by Crippen LogP contribution is 2.23. The van der Waals surface area contributed by atoms with Gasteiger partial charge in [-0.25, -0.2) is 0 Å². The number of aromatic nitrogens is 1. The number of nitrogens with zero attached hydrogens (tertiary/aromatic N) is 1. The summed E-state index contributed by atoms with van der Waals surface area (Å²) >= 11 is 4.44. The minimum Gasteiger partial charge on any atom is -0.294 e. The fraction of sp³-hybridized carbons (Fsp3) is 0.111. The van der Waals surface area contributed by atoms with Crippen molar-refractivity contribution >= 4 is 29.3 Å². The molecule has 2 nitrogen and oxygen atoms in total. The fourth-order valence-corrected chi connectivity index (χ4v) is 2.71. The Morgan fingerprint density at radius 3 is 2.67 bits per heavy atom. The van der Waals surface area contributed by atoms with Crippen LogP contribution in [0.1, 0.15) is 22.3 Å². The van der Waals surface area contributed by atoms with Crippen molar-refractivity contribution in [2.75, 3.05) is 0 Å². The molecule has 0 N–H and O–H groups in total. The summed E-state index contributed by atoms with van der Waals surface area (Å²) in [5.41, 5.74) is 2.72. The first-order chi connectivity index (χ1) is 10.2. The van der Waals surface area contributed by atoms with E-state index in [1.807, 2.05) is 54.6 Å². The van der Waals surface area contributed by atoms with Gasteiger partial charge in [0, 0.05) is 28.5 Å². The minimum absolute atomic E-state index is 0.139. The van der Waals surface area contributed by atoms with Gasteiger partial charge in [-0.3, -0.25) is 9.78 Å². The van der Waals surface area contributed by atoms with Crippen molar-refractivity contribution in [2.45, 2.75) is 17.7 Å². The van der Waals surface area contributed by atoms with Crippen molar-refractivity contribution in [2.24, 2.45) is 0 Å². The number of rotatable bonds is 4. The Labute approximate surface area is 129 Å². The summed E-state index contributed by atoms with van der Waals surface area (Å²) in [5, 5.41) is 0.952. The van der Waals surface area contributed by atoms with Crippen LogP contribution in [-0.2, 0) is 6.42 Å². The topological polar surface area (TPSA) is 30.0 Å². The highest BCUT2D eigenvalue weighted by molar-refractivity contribution is 7.80. The predicted octanol–water partition coefficient (Wildman–Crippen LogP) is 4.34. The van der Waals surface area contributed by atoms with Gasteiger partial charge in [0.05, 0.1) is 5.52 Å². The number of aryl methyl sites for hydroxylation is 1. The van der Waals surface area contributed by atoms with Crippen molar-refractivity contribution in [3.05, 3.63) is 71.9 Å². The highest BCUT2D eigenvalue weighted by atomic mass is 32.1. The Morgan fingerprint density at radius 2 is 1.86 bits per heavy atom. The number of Topliss-reactive ketones (excluding diaryl/α,β-unsaturated/α-hetero) is 1. The molecule has 0 unspecified atom stereocenters. The number of hydrogen-bond acceptors (Lipinski definition) is 3. The van der Waals surface area contributed by atoms with Gasteiger partial charge in [0.25, 0.3) is 0 Å². The molecular weight excluding hydrogens is 278 g/mol. The van der Waals surface area contributed by atoms with Crippen molar-refractivity contribution in [3.8, 4) is 0 Å². The lowest BCUT2D eigenvalue weighted by Crippen LogP contribution is -2.01. The molecule has 0 bridgehead atoms. The number of ketones is 1. The van der Waals surface area contributed by atoms with Crippen LogP contribution < -0.4 is 0 Å². The van der Waals surface area contributed by atoms with Crippen LogP contribution in [0.15, 0.2) is 65.7 Å². The summed E-state index contributed by atoms with van der Waals surface area (Å²) in [4.78, 5) is 17.4. The number of carbonyl (C=O) groups is 1. The molecule has 0 saturated carbocycles. The van der Waals surface area contributed by atoms with Gasteiger partial charge < -0.3 is 0 Å². The van der Waals surface area contributed by atoms with Crippen LogP contribution in [0.25, 0.3) is 10.9 Å². The summed E-state index contributed by atoms with van der Waals surface area (Å²) < 4.78 is 0. The maximum Gasteiger partial charge on any atom is 0.163 e. The maximum atomic E-state index is 12.4. The van der Waals surface area contributed by atoms with E-state index in [0.29, 0.717) is 12.0 Å². The van der Waals surface area contributed by atoms with E-state index >= 15 is 0 Å². The molecule has 0 aliphatic carbocycles. The van der Waals surface area contributed by atoms with E-state index in [2.05, 4.69) is 17.6 Å². The van der Waals surface area contributed by atoms with Crippen molar-refractivity contribution in [1.82, 2.24) is 4.98 Å². The molecule has 21 heavy (non-hydrogen) atoms. The predicted molar refractivity (Wildman–Crippen MR) is 88.1 cm³/mol. The Balaban J connectivity index is 1.81. The monoisotopic (exact) mass is 293 g/mol. The van der Waals surface area contributed by atoms with Crippen LogP contribution in [0.5, 0.6) is 0 Å². The second-order valence-corrected chi connectivity index (χ2v) is 5.46. The molecule has 104 valence electrons. The van der Waals surface area contributed by atoms with Crippen LogP contribution in [0.3, 0.4) is 0 Å². The van der Waals surface area contributed by atoms with Gasteiger partial charge >= 0.3 is 0 Å². The molecular formula is C18H15NOS. The van der Waals surface area contributed by atoms with E-state index < -0.39 is 0 Å². The largest absolute Gasteiger partial charge is 0.294 e. The lowest BCUT2D eigenvalue weighted by atomic mass is 10.0. The number of carbonyl (C=O) groups excluding carboxylic acids is 1. The molecule has 0 saturated heterocycles. The summed E-state index contributed by atoms with van der Waals surface area (Å²) in [7, 11) is 0. The maximum absolute atomic E-state index is 12.4. The number of pyridine rings is 1. The SMILES string of the molecule is O=C(CCc1ccccc1)c1cc(S)c2ncccc2c1. The Kier molecular flexibility index (Phi) is 4.02. The van der Waals surface area contributed by atoms with Crippen LogP contribution in [0.4, 0.5) is 0 Å². The molecule has 0 spiro atoms. The van der Waals surface area contributed by atoms with E-state index in [9.17, 15) is 4.79 Å². The molecule has 1 aromatic heterocycles. The highest BCUT2D eigenvalue weighted by Gasteiger charge is 2.09. The van der Waals surface area contributed by atoms with E-state index in [1.54, 1.807) is 6.20 Å². The summed E-state index contributed by atoms with van der Waals surface area (Å²) in [6.45, 7) is 0. The zero-order valence-corrected chi connectivity index (χ0v) is 12.4. The molecule has 0 aliphatic rings. The number of thiol groups is 1. The normalized spacial score (nSPS) is 10.7. The molecule has 0 atom stereocenters. The summed E-state index contributed by atoms with van der Waals surface area (Å²) in [5.74, 6) is 0.139. The Hall–Kier alpha value is -2.13. The van der Waals surface area contributed by atoms with E-state index in [0.717, 1.165) is 22.2 Å². The first-order valence-electron chi connectivity index (χ1n) is 6.89. The average Bonchev–Trinajstić information content (AvgIpc) is 2.53. The molecule has 3 rings (SSSR count). The zero-order chi connectivity index (χ0) is 14.7. The summed E-state index contributed by atoms with van der Waals surface area (Å²) in [6, 6.07) is 17.6. The lowest BCUT2D eigenvalue weighted by molar-refractivity contribution is 0.0983. The van der Waals surface area contributed by atoms with Crippen molar-refractivity contribution < 1.29 is 4.79 Å². The van der Waals surface area contributed by atoms with E-state index in [4.69, 9.17) is 0 Å². The van der Waals surface area contributed by atoms with Gasteiger partial charge in [-0.15, -0.1) is 12.6 Å². The van der Waals surface area contributed by atoms with Crippen molar-refractivity contribution in [3.63, 3.8) is 0 Å². The third kappa shape index (κ3) is 3.14. The smallest absolute Gasteiger partial charge is 0.163 e. The van der Waals surface area contributed by atoms with Crippen LogP contribution in [0, 0.1) is 0 Å². The first kappa shape index (κ1) is 13.8. The van der Waals surface area contributed by atoms with E-state index in [-0.39, 0.29) is 5.78 Å². The Bertz CT molecular complexity index is 784. The quantitative estimate of drug-likeness (QED) is 0.573. The number of hydrogen-bond donors (Lipinski definition) is 1. The van der Waals surface area contributed by atoms with E-state index in [1.165, 1.54) is 5.56 Å². The van der Waals surface area contributed by atoms with Gasteiger partial charge in [-0.2, -0.15) is 0 Å². The first-order valence-corrected chi connectivity index (χ1v) is 7.33. The number of benzene rings is 2. The summed E-state index contributed by atoms with van der Waals surface area (Å²) in [6.07, 6.45) is 2.99. The lowest BCUT2D eigenvalue weighted by Gasteiger charge is -2.06. The van der Waals surface area contributed by atoms with Gasteiger partial charge in [0.2, 0.25) is 0 Å². The molecule has 1 heterocycles. The van der Waals surface area contributed by atoms with Gasteiger partial charge in [-0.05, 0) is 30.2 Å². The Morgan fingerprint density at radius 1 is 1.05 bits per heavy atom. The minimum atomic E-state index is 0.139. The second-order valence-electron chi connectivity index (χ2n) is 4.98. The molecule has 3 heteroatoms. The van der Waals surface area contributed by atoms with Crippen LogP contribution in [0.2, 0.25) is 0 Å². The third-order valence-electron chi connectivity index (χ3n) is 3.49. The molecule has 0 aliphatic heterocycles. The molecule has 2 aromatic carbocycles. The van der Waals surface area contributed by atoms with Crippen LogP contribution in [-0.4, -0.2) is 10.8 Å². The number of fused-ring (bicyclic) bond motifs is 1. The molecule has 0 radical (unpaired) electrons. The van der Waals surface area contributed by atoms with Gasteiger partial charge in [-0.1, -0.05) is 36.4 Å². The third-order valence-corrected chi connectivity index (χ3v) is 3.83. The zero-order valence-electron chi connectivity index (χ0n) is 11.5. The van der Waals surface area contributed by atoms with Crippen LogP contribution >= 0.6 is 12.6 Å². The van der Waals surface area contributed by atoms with Gasteiger partial charge in [0.1, 0.15) is 0 Å².